The number of fused-ring (bicyclic) bond motifs is 1. The monoisotopic (exact) mass is 410 g/mol. The van der Waals surface area contributed by atoms with Crippen LogP contribution in [0, 0.1) is 5.82 Å². The number of carbonyl (C=O) groups excluding carboxylic acids is 2. The van der Waals surface area contributed by atoms with Crippen LogP contribution in [0.25, 0.3) is 11.1 Å². The first-order valence-corrected chi connectivity index (χ1v) is 9.16. The van der Waals surface area contributed by atoms with Crippen molar-refractivity contribution < 1.29 is 23.5 Å². The Morgan fingerprint density at radius 2 is 1.90 bits per heavy atom. The average Bonchev–Trinajstić information content (AvgIpc) is 3.17. The normalized spacial score (nSPS) is 15.2. The zero-order chi connectivity index (χ0) is 21.3. The van der Waals surface area contributed by atoms with Crippen molar-refractivity contribution in [3.05, 3.63) is 54.5 Å². The molecule has 1 aliphatic heterocycles. The summed E-state index contributed by atoms with van der Waals surface area (Å²) in [6.07, 6.45) is 1.49. The molecule has 0 saturated heterocycles. The summed E-state index contributed by atoms with van der Waals surface area (Å²) < 4.78 is 25.2. The number of ether oxygens (including phenoxy) is 2. The molecule has 9 heteroatoms. The summed E-state index contributed by atoms with van der Waals surface area (Å²) in [5, 5.41) is 9.84. The molecule has 1 atom stereocenters. The number of nitrogens with zero attached hydrogens (tertiary/aromatic N) is 2. The predicted molar refractivity (Wildman–Crippen MR) is 108 cm³/mol. The van der Waals surface area contributed by atoms with Gasteiger partial charge in [0, 0.05) is 17.3 Å². The molecule has 4 rings (SSSR count). The Kier molecular flexibility index (Phi) is 5.09. The van der Waals surface area contributed by atoms with Gasteiger partial charge in [0.15, 0.2) is 11.5 Å². The van der Waals surface area contributed by atoms with Crippen LogP contribution in [0.4, 0.5) is 15.9 Å². The minimum atomic E-state index is -0.837. The van der Waals surface area contributed by atoms with Gasteiger partial charge < -0.3 is 20.1 Å². The van der Waals surface area contributed by atoms with Crippen LogP contribution >= 0.6 is 0 Å². The molecule has 0 bridgehead atoms. The molecule has 154 valence electrons. The zero-order valence-electron chi connectivity index (χ0n) is 16.3. The number of benzene rings is 2. The average molecular weight is 410 g/mol. The van der Waals surface area contributed by atoms with Crippen LogP contribution in [0.15, 0.2) is 48.7 Å². The lowest BCUT2D eigenvalue weighted by Gasteiger charge is -2.24. The van der Waals surface area contributed by atoms with E-state index in [0.717, 1.165) is 0 Å². The Bertz CT molecular complexity index is 1110. The van der Waals surface area contributed by atoms with Crippen molar-refractivity contribution in [1.82, 2.24) is 9.78 Å². The number of halogens is 1. The molecule has 30 heavy (non-hydrogen) atoms. The number of carbonyl (C=O) groups is 2. The molecule has 0 saturated carbocycles. The third-order valence-corrected chi connectivity index (χ3v) is 4.84. The lowest BCUT2D eigenvalue weighted by Crippen LogP contribution is -2.35. The van der Waals surface area contributed by atoms with Crippen molar-refractivity contribution in [2.75, 3.05) is 24.9 Å². The summed E-state index contributed by atoms with van der Waals surface area (Å²) in [5.41, 5.74) is 1.78. The molecule has 0 spiro atoms. The van der Waals surface area contributed by atoms with Crippen LogP contribution in [0.1, 0.15) is 12.5 Å². The van der Waals surface area contributed by atoms with Crippen molar-refractivity contribution in [3.63, 3.8) is 0 Å². The number of anilines is 2. The van der Waals surface area contributed by atoms with Gasteiger partial charge in [0.25, 0.3) is 0 Å². The Hall–Kier alpha value is -3.88. The van der Waals surface area contributed by atoms with Gasteiger partial charge in [0.1, 0.15) is 17.7 Å². The molecular formula is C21H19FN4O4. The quantitative estimate of drug-likeness (QED) is 0.674. The van der Waals surface area contributed by atoms with Gasteiger partial charge in [0.2, 0.25) is 11.8 Å². The van der Waals surface area contributed by atoms with E-state index < -0.39 is 11.9 Å². The molecule has 2 amide bonds. The standard InChI is InChI=1S/C21H19FN4O4/c1-29-17-8-7-14(9-18(17)30-2)24-21(28)16-10-19(27)25-20-15(11-23-26(16)20)12-3-5-13(22)6-4-12/h3-9,11,16H,10H2,1-2H3,(H,24,28)(H,25,27)/t16-/m0/s1. The number of amides is 2. The first-order chi connectivity index (χ1) is 14.5. The number of hydrogen-bond donors (Lipinski definition) is 2. The maximum absolute atomic E-state index is 13.2. The number of aromatic nitrogens is 2. The molecule has 1 aromatic heterocycles. The van der Waals surface area contributed by atoms with Crippen LogP contribution in [0.3, 0.4) is 0 Å². The second kappa shape index (κ2) is 7.86. The molecule has 0 radical (unpaired) electrons. The van der Waals surface area contributed by atoms with Crippen LogP contribution in [-0.4, -0.2) is 35.8 Å². The van der Waals surface area contributed by atoms with Gasteiger partial charge in [0.05, 0.1) is 26.8 Å². The minimum absolute atomic E-state index is 0.0589. The highest BCUT2D eigenvalue weighted by Crippen LogP contribution is 2.35. The summed E-state index contributed by atoms with van der Waals surface area (Å²) in [4.78, 5) is 25.2. The van der Waals surface area contributed by atoms with Gasteiger partial charge in [-0.1, -0.05) is 12.1 Å². The van der Waals surface area contributed by atoms with Crippen molar-refractivity contribution >= 4 is 23.3 Å². The van der Waals surface area contributed by atoms with E-state index in [4.69, 9.17) is 9.47 Å². The number of nitrogens with one attached hydrogen (secondary N) is 2. The highest BCUT2D eigenvalue weighted by atomic mass is 19.1. The minimum Gasteiger partial charge on any atom is -0.493 e. The van der Waals surface area contributed by atoms with E-state index in [0.29, 0.717) is 34.1 Å². The van der Waals surface area contributed by atoms with Gasteiger partial charge >= 0.3 is 0 Å². The molecule has 3 aromatic rings. The van der Waals surface area contributed by atoms with Crippen LogP contribution in [0.5, 0.6) is 11.5 Å². The fourth-order valence-corrected chi connectivity index (χ4v) is 3.35. The van der Waals surface area contributed by atoms with Crippen molar-refractivity contribution in [2.24, 2.45) is 0 Å². The molecule has 0 unspecified atom stereocenters. The van der Waals surface area contributed by atoms with E-state index >= 15 is 0 Å². The summed E-state index contributed by atoms with van der Waals surface area (Å²) >= 11 is 0. The maximum atomic E-state index is 13.2. The summed E-state index contributed by atoms with van der Waals surface area (Å²) in [5.74, 6) is 0.327. The van der Waals surface area contributed by atoms with E-state index in [-0.39, 0.29) is 18.1 Å². The van der Waals surface area contributed by atoms with E-state index in [1.165, 1.54) is 31.0 Å². The molecule has 0 fully saturated rings. The van der Waals surface area contributed by atoms with Crippen molar-refractivity contribution in [2.45, 2.75) is 12.5 Å². The van der Waals surface area contributed by atoms with Crippen molar-refractivity contribution in [1.29, 1.82) is 0 Å². The maximum Gasteiger partial charge on any atom is 0.249 e. The predicted octanol–water partition coefficient (Wildman–Crippen LogP) is 3.23. The van der Waals surface area contributed by atoms with Crippen LogP contribution < -0.4 is 20.1 Å². The summed E-state index contributed by atoms with van der Waals surface area (Å²) in [6, 6.07) is 9.98. The van der Waals surface area contributed by atoms with Crippen LogP contribution in [-0.2, 0) is 9.59 Å². The number of methoxy groups -OCH3 is 2. The van der Waals surface area contributed by atoms with E-state index in [1.807, 2.05) is 0 Å². The van der Waals surface area contributed by atoms with E-state index in [9.17, 15) is 14.0 Å². The molecule has 0 aliphatic carbocycles. The Morgan fingerprint density at radius 1 is 1.17 bits per heavy atom. The Morgan fingerprint density at radius 3 is 2.60 bits per heavy atom. The lowest BCUT2D eigenvalue weighted by molar-refractivity contribution is -0.125. The van der Waals surface area contributed by atoms with Gasteiger partial charge in [-0.2, -0.15) is 5.10 Å². The molecule has 8 nitrogen and oxygen atoms in total. The molecule has 2 heterocycles. The van der Waals surface area contributed by atoms with E-state index in [1.54, 1.807) is 36.5 Å². The molecule has 1 aliphatic rings. The summed E-state index contributed by atoms with van der Waals surface area (Å²) in [6.45, 7) is 0. The van der Waals surface area contributed by atoms with Gasteiger partial charge in [-0.3, -0.25) is 9.59 Å². The fourth-order valence-electron chi connectivity index (χ4n) is 3.35. The van der Waals surface area contributed by atoms with Crippen molar-refractivity contribution in [3.8, 4) is 22.6 Å². The first-order valence-electron chi connectivity index (χ1n) is 9.16. The first kappa shape index (κ1) is 19.4. The lowest BCUT2D eigenvalue weighted by atomic mass is 10.1. The Labute approximate surface area is 171 Å². The third-order valence-electron chi connectivity index (χ3n) is 4.84. The second-order valence-electron chi connectivity index (χ2n) is 6.69. The molecule has 2 aromatic carbocycles. The number of rotatable bonds is 5. The third kappa shape index (κ3) is 3.57. The number of hydrogen-bond acceptors (Lipinski definition) is 5. The Balaban J connectivity index is 1.62. The van der Waals surface area contributed by atoms with Gasteiger partial charge in [-0.25, -0.2) is 9.07 Å². The van der Waals surface area contributed by atoms with Crippen LogP contribution in [0.2, 0.25) is 0 Å². The second-order valence-corrected chi connectivity index (χ2v) is 6.69. The van der Waals surface area contributed by atoms with E-state index in [2.05, 4.69) is 15.7 Å². The largest absolute Gasteiger partial charge is 0.493 e. The highest BCUT2D eigenvalue weighted by Gasteiger charge is 2.33. The SMILES string of the molecule is COc1ccc(NC(=O)[C@@H]2CC(=O)Nc3c(-c4ccc(F)cc4)cnn32)cc1OC. The molecular weight excluding hydrogens is 391 g/mol. The van der Waals surface area contributed by atoms with Gasteiger partial charge in [-0.05, 0) is 29.8 Å². The van der Waals surface area contributed by atoms with Gasteiger partial charge in [-0.15, -0.1) is 0 Å². The molecule has 2 N–H and O–H groups in total. The smallest absolute Gasteiger partial charge is 0.249 e. The zero-order valence-corrected chi connectivity index (χ0v) is 16.3. The summed E-state index contributed by atoms with van der Waals surface area (Å²) in [7, 11) is 3.02. The fraction of sp³-hybridized carbons (Fsp3) is 0.190. The highest BCUT2D eigenvalue weighted by molar-refractivity contribution is 6.03. The topological polar surface area (TPSA) is 94.5 Å².